The predicted octanol–water partition coefficient (Wildman–Crippen LogP) is 3.88. The largest absolute Gasteiger partial charge is 0.496 e. The molecule has 0 bridgehead atoms. The molecule has 104 valence electrons. The van der Waals surface area contributed by atoms with E-state index in [1.807, 2.05) is 48.5 Å². The van der Waals surface area contributed by atoms with Crippen LogP contribution in [0.2, 0.25) is 0 Å². The fourth-order valence-corrected chi connectivity index (χ4v) is 3.49. The van der Waals surface area contributed by atoms with Crippen molar-refractivity contribution in [3.63, 3.8) is 0 Å². The summed E-state index contributed by atoms with van der Waals surface area (Å²) in [7, 11) is -0.0714. The Morgan fingerprint density at radius 2 is 1.50 bits per heavy atom. The van der Waals surface area contributed by atoms with E-state index in [1.54, 1.807) is 25.1 Å². The maximum Gasteiger partial charge on any atom is 0.257 e. The topological polar surface area (TPSA) is 35.5 Å². The van der Waals surface area contributed by atoms with Gasteiger partial charge in [0.1, 0.15) is 5.76 Å². The van der Waals surface area contributed by atoms with E-state index in [9.17, 15) is 4.57 Å². The number of ether oxygens (including phenoxy) is 1. The molecular weight excluding hydrogens is 271 g/mol. The van der Waals surface area contributed by atoms with E-state index in [0.717, 1.165) is 5.56 Å². The second-order valence-electron chi connectivity index (χ2n) is 4.18. The second kappa shape index (κ2) is 6.56. The van der Waals surface area contributed by atoms with Crippen molar-refractivity contribution in [2.75, 3.05) is 14.2 Å². The van der Waals surface area contributed by atoms with E-state index in [1.165, 1.54) is 7.11 Å². The smallest absolute Gasteiger partial charge is 0.257 e. The van der Waals surface area contributed by atoms with Crippen molar-refractivity contribution < 1.29 is 13.8 Å². The van der Waals surface area contributed by atoms with E-state index < -0.39 is 7.37 Å². The van der Waals surface area contributed by atoms with Crippen molar-refractivity contribution in [3.05, 3.63) is 72.0 Å². The fraction of sp³-hybridized carbons (Fsp3) is 0.125. The quantitative estimate of drug-likeness (QED) is 0.618. The van der Waals surface area contributed by atoms with Gasteiger partial charge in [-0.3, -0.25) is 4.57 Å². The molecule has 0 amide bonds. The Morgan fingerprint density at radius 1 is 0.950 bits per heavy atom. The van der Waals surface area contributed by atoms with Crippen LogP contribution in [-0.4, -0.2) is 14.2 Å². The number of hydrogen-bond donors (Lipinski definition) is 0. The summed E-state index contributed by atoms with van der Waals surface area (Å²) in [6.45, 7) is 0. The molecule has 0 saturated carbocycles. The number of rotatable bonds is 5. The van der Waals surface area contributed by atoms with Gasteiger partial charge in [-0.25, -0.2) is 0 Å². The van der Waals surface area contributed by atoms with Crippen LogP contribution in [0.15, 0.2) is 66.5 Å². The summed E-state index contributed by atoms with van der Waals surface area (Å²) >= 11 is 0. The molecule has 4 heteroatoms. The van der Waals surface area contributed by atoms with Crippen LogP contribution in [0.5, 0.6) is 0 Å². The Hall–Kier alpha value is -1.83. The lowest BCUT2D eigenvalue weighted by Crippen LogP contribution is -2.04. The zero-order chi connectivity index (χ0) is 14.4. The van der Waals surface area contributed by atoms with Crippen LogP contribution in [0.3, 0.4) is 0 Å². The van der Waals surface area contributed by atoms with Gasteiger partial charge in [0.2, 0.25) is 0 Å². The lowest BCUT2D eigenvalue weighted by atomic mass is 10.2. The molecule has 0 aliphatic heterocycles. The Kier molecular flexibility index (Phi) is 4.78. The Bertz CT molecular complexity index is 621. The third-order valence-corrected chi connectivity index (χ3v) is 5.09. The molecule has 3 nitrogen and oxygen atoms in total. The van der Waals surface area contributed by atoms with Crippen molar-refractivity contribution in [1.29, 1.82) is 0 Å². The number of benzene rings is 2. The molecular formula is C16H17O3P. The summed E-state index contributed by atoms with van der Waals surface area (Å²) in [4.78, 5) is 0. The van der Waals surface area contributed by atoms with E-state index >= 15 is 0 Å². The monoisotopic (exact) mass is 288 g/mol. The molecule has 0 fully saturated rings. The van der Waals surface area contributed by atoms with Crippen molar-refractivity contribution in [1.82, 2.24) is 0 Å². The zero-order valence-corrected chi connectivity index (χ0v) is 12.4. The van der Waals surface area contributed by atoms with E-state index in [4.69, 9.17) is 9.26 Å². The summed E-state index contributed by atoms with van der Waals surface area (Å²) in [5.41, 5.74) is 0.864. The lowest BCUT2D eigenvalue weighted by molar-refractivity contribution is 0.368. The van der Waals surface area contributed by atoms with E-state index in [2.05, 4.69) is 0 Å². The zero-order valence-electron chi connectivity index (χ0n) is 11.5. The molecule has 2 aromatic rings. The molecule has 0 aromatic heterocycles. The van der Waals surface area contributed by atoms with Crippen molar-refractivity contribution >= 4 is 18.4 Å². The Morgan fingerprint density at radius 3 is 2.00 bits per heavy atom. The summed E-state index contributed by atoms with van der Waals surface area (Å²) in [6.07, 6.45) is 0. The molecule has 0 heterocycles. The summed E-state index contributed by atoms with van der Waals surface area (Å²) in [6, 6.07) is 18.7. The predicted molar refractivity (Wildman–Crippen MR) is 82.1 cm³/mol. The van der Waals surface area contributed by atoms with Crippen molar-refractivity contribution in [2.45, 2.75) is 0 Å². The lowest BCUT2D eigenvalue weighted by Gasteiger charge is -2.15. The maximum absolute atomic E-state index is 12.9. The van der Waals surface area contributed by atoms with Crippen molar-refractivity contribution in [2.24, 2.45) is 0 Å². The van der Waals surface area contributed by atoms with Gasteiger partial charge in [0.15, 0.2) is 0 Å². The highest BCUT2D eigenvalue weighted by molar-refractivity contribution is 7.70. The van der Waals surface area contributed by atoms with E-state index in [0.29, 0.717) is 11.1 Å². The molecule has 20 heavy (non-hydrogen) atoms. The van der Waals surface area contributed by atoms with Crippen LogP contribution in [0, 0.1) is 0 Å². The third kappa shape index (κ3) is 3.19. The maximum atomic E-state index is 12.9. The van der Waals surface area contributed by atoms with Gasteiger partial charge in [-0.1, -0.05) is 48.5 Å². The molecule has 0 N–H and O–H groups in total. The first-order valence-electron chi connectivity index (χ1n) is 6.23. The van der Waals surface area contributed by atoms with Crippen LogP contribution in [0.4, 0.5) is 0 Å². The molecule has 0 spiro atoms. The minimum absolute atomic E-state index is 0.541. The molecule has 0 aliphatic rings. The average molecular weight is 288 g/mol. The van der Waals surface area contributed by atoms with Gasteiger partial charge in [0, 0.05) is 23.8 Å². The molecule has 2 rings (SSSR count). The average Bonchev–Trinajstić information content (AvgIpc) is 2.54. The Labute approximate surface area is 119 Å². The van der Waals surface area contributed by atoms with Gasteiger partial charge in [-0.05, 0) is 12.1 Å². The summed E-state index contributed by atoms with van der Waals surface area (Å²) in [5.74, 6) is 2.11. The van der Waals surface area contributed by atoms with Crippen LogP contribution < -0.4 is 5.30 Å². The summed E-state index contributed by atoms with van der Waals surface area (Å²) in [5, 5.41) is 0.646. The second-order valence-corrected chi connectivity index (χ2v) is 6.51. The third-order valence-electron chi connectivity index (χ3n) is 2.95. The molecule has 0 saturated heterocycles. The van der Waals surface area contributed by atoms with Crippen LogP contribution in [0.1, 0.15) is 5.56 Å². The number of hydrogen-bond acceptors (Lipinski definition) is 3. The standard InChI is InChI=1S/C16H17O3P/c1-18-16(14-9-5-3-6-10-14)13-20(17,19-2)15-11-7-4-8-12-15/h3-13H,1-2H3. The molecule has 1 unspecified atom stereocenters. The normalized spacial score (nSPS) is 14.6. The Balaban J connectivity index is 2.46. The van der Waals surface area contributed by atoms with Gasteiger partial charge < -0.3 is 9.26 Å². The minimum atomic E-state index is -3.08. The van der Waals surface area contributed by atoms with Gasteiger partial charge in [0.05, 0.1) is 7.11 Å². The van der Waals surface area contributed by atoms with Gasteiger partial charge in [-0.15, -0.1) is 0 Å². The highest BCUT2D eigenvalue weighted by Gasteiger charge is 2.23. The van der Waals surface area contributed by atoms with Gasteiger partial charge in [0.25, 0.3) is 7.37 Å². The van der Waals surface area contributed by atoms with Crippen LogP contribution >= 0.6 is 7.37 Å². The number of methoxy groups -OCH3 is 1. The van der Waals surface area contributed by atoms with Crippen molar-refractivity contribution in [3.8, 4) is 0 Å². The first kappa shape index (κ1) is 14.6. The van der Waals surface area contributed by atoms with Gasteiger partial charge >= 0.3 is 0 Å². The fourth-order valence-electron chi connectivity index (χ4n) is 1.87. The van der Waals surface area contributed by atoms with Gasteiger partial charge in [-0.2, -0.15) is 0 Å². The van der Waals surface area contributed by atoms with Crippen LogP contribution in [-0.2, 0) is 13.8 Å². The highest BCUT2D eigenvalue weighted by atomic mass is 31.2. The first-order chi connectivity index (χ1) is 9.69. The minimum Gasteiger partial charge on any atom is -0.496 e. The molecule has 2 aromatic carbocycles. The SMILES string of the molecule is COC(=CP(=O)(OC)c1ccccc1)c1ccccc1. The van der Waals surface area contributed by atoms with E-state index in [-0.39, 0.29) is 0 Å². The molecule has 1 atom stereocenters. The van der Waals surface area contributed by atoms with Crippen LogP contribution in [0.25, 0.3) is 5.76 Å². The highest BCUT2D eigenvalue weighted by Crippen LogP contribution is 2.48. The first-order valence-corrected chi connectivity index (χ1v) is 7.92. The molecule has 0 aliphatic carbocycles. The molecule has 0 radical (unpaired) electrons. The summed E-state index contributed by atoms with van der Waals surface area (Å²) < 4.78 is 23.6.